The lowest BCUT2D eigenvalue weighted by molar-refractivity contribution is -0.143. The third-order valence-electron chi connectivity index (χ3n) is 2.17. The summed E-state index contributed by atoms with van der Waals surface area (Å²) in [6, 6.07) is 2.75. The highest BCUT2D eigenvalue weighted by molar-refractivity contribution is 5.92. The summed E-state index contributed by atoms with van der Waals surface area (Å²) in [5.41, 5.74) is -0.340. The second kappa shape index (κ2) is 5.32. The predicted octanol–water partition coefficient (Wildman–Crippen LogP) is 2.63. The van der Waals surface area contributed by atoms with E-state index < -0.39 is 30.6 Å². The van der Waals surface area contributed by atoms with Crippen LogP contribution in [0.3, 0.4) is 0 Å². The number of aromatic nitrogens is 1. The van der Waals surface area contributed by atoms with Crippen LogP contribution in [0, 0.1) is 5.95 Å². The fraction of sp³-hybridized carbons (Fsp3) is 0.455. The molecule has 1 aromatic heterocycles. The number of pyridine rings is 1. The van der Waals surface area contributed by atoms with Gasteiger partial charge in [0.05, 0.1) is 0 Å². The lowest BCUT2D eigenvalue weighted by Crippen LogP contribution is -2.43. The van der Waals surface area contributed by atoms with Crippen molar-refractivity contribution >= 4 is 5.91 Å². The van der Waals surface area contributed by atoms with Crippen molar-refractivity contribution < 1.29 is 22.4 Å². The fourth-order valence-electron chi connectivity index (χ4n) is 1.36. The Morgan fingerprint density at radius 1 is 1.39 bits per heavy atom. The summed E-state index contributed by atoms with van der Waals surface area (Å²) < 4.78 is 49.8. The Balaban J connectivity index is 2.97. The number of carbonyl (C=O) groups excluding carboxylic acids is 1. The van der Waals surface area contributed by atoms with Gasteiger partial charge in [0.15, 0.2) is 0 Å². The van der Waals surface area contributed by atoms with E-state index in [0.717, 1.165) is 6.07 Å². The van der Waals surface area contributed by atoms with Crippen molar-refractivity contribution in [3.05, 3.63) is 29.8 Å². The molecule has 100 valence electrons. The van der Waals surface area contributed by atoms with Gasteiger partial charge < -0.3 is 4.90 Å². The minimum atomic E-state index is -4.51. The van der Waals surface area contributed by atoms with Crippen molar-refractivity contribution in [2.24, 2.45) is 0 Å². The molecule has 0 aliphatic rings. The van der Waals surface area contributed by atoms with Crippen molar-refractivity contribution in [2.45, 2.75) is 26.1 Å². The lowest BCUT2D eigenvalue weighted by atomic mass is 10.2. The second-order valence-electron chi connectivity index (χ2n) is 3.99. The van der Waals surface area contributed by atoms with Gasteiger partial charge in [0, 0.05) is 6.04 Å². The molecule has 0 aliphatic carbocycles. The largest absolute Gasteiger partial charge is 0.406 e. The van der Waals surface area contributed by atoms with Crippen molar-refractivity contribution in [3.63, 3.8) is 0 Å². The number of carbonyl (C=O) groups is 1. The zero-order valence-corrected chi connectivity index (χ0v) is 9.83. The summed E-state index contributed by atoms with van der Waals surface area (Å²) in [5, 5.41) is 0. The molecule has 1 heterocycles. The van der Waals surface area contributed by atoms with Gasteiger partial charge in [-0.2, -0.15) is 17.6 Å². The van der Waals surface area contributed by atoms with E-state index in [-0.39, 0.29) is 5.69 Å². The molecular weight excluding hydrogens is 252 g/mol. The molecule has 0 N–H and O–H groups in total. The first-order valence-corrected chi connectivity index (χ1v) is 5.21. The first kappa shape index (κ1) is 14.4. The van der Waals surface area contributed by atoms with Gasteiger partial charge in [0.25, 0.3) is 5.91 Å². The van der Waals surface area contributed by atoms with E-state index in [1.807, 2.05) is 0 Å². The first-order chi connectivity index (χ1) is 8.20. The van der Waals surface area contributed by atoms with Crippen LogP contribution >= 0.6 is 0 Å². The van der Waals surface area contributed by atoms with Crippen LogP contribution in [0.4, 0.5) is 17.6 Å². The molecule has 0 saturated heterocycles. The molecule has 0 atom stereocenters. The number of nitrogens with zero attached hydrogens (tertiary/aromatic N) is 2. The second-order valence-corrected chi connectivity index (χ2v) is 3.99. The topological polar surface area (TPSA) is 33.2 Å². The summed E-state index contributed by atoms with van der Waals surface area (Å²) in [6.07, 6.45) is -4.51. The van der Waals surface area contributed by atoms with Gasteiger partial charge >= 0.3 is 6.18 Å². The number of alkyl halides is 3. The minimum Gasteiger partial charge on any atom is -0.326 e. The molecule has 18 heavy (non-hydrogen) atoms. The van der Waals surface area contributed by atoms with Gasteiger partial charge in [-0.15, -0.1) is 0 Å². The predicted molar refractivity (Wildman–Crippen MR) is 56.4 cm³/mol. The molecule has 1 aromatic rings. The van der Waals surface area contributed by atoms with E-state index in [1.54, 1.807) is 0 Å². The van der Waals surface area contributed by atoms with Gasteiger partial charge in [0.1, 0.15) is 12.2 Å². The standard InChI is InChI=1S/C11H12F4N2O/c1-7(2)17(6-11(13,14)15)10(18)8-4-3-5-9(12)16-8/h3-5,7H,6H2,1-2H3. The van der Waals surface area contributed by atoms with Crippen LogP contribution in [0.1, 0.15) is 24.3 Å². The lowest BCUT2D eigenvalue weighted by Gasteiger charge is -2.27. The molecule has 0 fully saturated rings. The van der Waals surface area contributed by atoms with Crippen LogP contribution in [0.25, 0.3) is 0 Å². The summed E-state index contributed by atoms with van der Waals surface area (Å²) in [5.74, 6) is -1.85. The molecule has 1 amide bonds. The molecule has 0 spiro atoms. The molecule has 0 aliphatic heterocycles. The summed E-state index contributed by atoms with van der Waals surface area (Å²) in [7, 11) is 0. The Labute approximate surface area is 101 Å². The van der Waals surface area contributed by atoms with Crippen molar-refractivity contribution in [1.82, 2.24) is 9.88 Å². The molecule has 0 saturated carbocycles. The normalized spacial score (nSPS) is 11.7. The molecule has 7 heteroatoms. The minimum absolute atomic E-state index is 0.340. The quantitative estimate of drug-likeness (QED) is 0.621. The van der Waals surface area contributed by atoms with Crippen molar-refractivity contribution in [2.75, 3.05) is 6.54 Å². The Hall–Kier alpha value is -1.66. The van der Waals surface area contributed by atoms with Crippen molar-refractivity contribution in [3.8, 4) is 0 Å². The van der Waals surface area contributed by atoms with Crippen LogP contribution in [-0.4, -0.2) is 34.6 Å². The number of hydrogen-bond donors (Lipinski definition) is 0. The van der Waals surface area contributed by atoms with Crippen LogP contribution in [-0.2, 0) is 0 Å². The summed E-state index contributed by atoms with van der Waals surface area (Å²) in [6.45, 7) is 1.51. The van der Waals surface area contributed by atoms with Gasteiger partial charge in [-0.25, -0.2) is 4.98 Å². The number of hydrogen-bond acceptors (Lipinski definition) is 2. The Morgan fingerprint density at radius 3 is 2.44 bits per heavy atom. The van der Waals surface area contributed by atoms with Crippen molar-refractivity contribution in [1.29, 1.82) is 0 Å². The SMILES string of the molecule is CC(C)N(CC(F)(F)F)C(=O)c1cccc(F)n1. The van der Waals surface area contributed by atoms with Crippen LogP contribution in [0.5, 0.6) is 0 Å². The number of amides is 1. The highest BCUT2D eigenvalue weighted by Gasteiger charge is 2.35. The Morgan fingerprint density at radius 2 is 2.00 bits per heavy atom. The maximum atomic E-state index is 12.8. The molecule has 0 unspecified atom stereocenters. The first-order valence-electron chi connectivity index (χ1n) is 5.21. The summed E-state index contributed by atoms with van der Waals surface area (Å²) in [4.78, 5) is 15.7. The van der Waals surface area contributed by atoms with E-state index in [1.165, 1.54) is 26.0 Å². The van der Waals surface area contributed by atoms with Gasteiger partial charge in [-0.05, 0) is 26.0 Å². The molecule has 0 aromatic carbocycles. The Kier molecular flexibility index (Phi) is 4.26. The fourth-order valence-corrected chi connectivity index (χ4v) is 1.36. The number of rotatable bonds is 3. The van der Waals surface area contributed by atoms with Gasteiger partial charge in [0.2, 0.25) is 5.95 Å². The molecule has 1 rings (SSSR count). The monoisotopic (exact) mass is 264 g/mol. The zero-order chi connectivity index (χ0) is 13.9. The van der Waals surface area contributed by atoms with E-state index in [2.05, 4.69) is 4.98 Å². The van der Waals surface area contributed by atoms with E-state index >= 15 is 0 Å². The van der Waals surface area contributed by atoms with Crippen LogP contribution in [0.15, 0.2) is 18.2 Å². The van der Waals surface area contributed by atoms with E-state index in [4.69, 9.17) is 0 Å². The molecule has 3 nitrogen and oxygen atoms in total. The maximum absolute atomic E-state index is 12.8. The third kappa shape index (κ3) is 3.97. The van der Waals surface area contributed by atoms with E-state index in [9.17, 15) is 22.4 Å². The maximum Gasteiger partial charge on any atom is 0.406 e. The van der Waals surface area contributed by atoms with Crippen LogP contribution in [0.2, 0.25) is 0 Å². The highest BCUT2D eigenvalue weighted by atomic mass is 19.4. The zero-order valence-electron chi connectivity index (χ0n) is 9.83. The summed E-state index contributed by atoms with van der Waals surface area (Å²) >= 11 is 0. The average molecular weight is 264 g/mol. The molecule has 0 radical (unpaired) electrons. The average Bonchev–Trinajstić information content (AvgIpc) is 2.23. The Bertz CT molecular complexity index is 431. The van der Waals surface area contributed by atoms with Crippen LogP contribution < -0.4 is 0 Å². The van der Waals surface area contributed by atoms with E-state index in [0.29, 0.717) is 4.90 Å². The van der Waals surface area contributed by atoms with Gasteiger partial charge in [-0.1, -0.05) is 6.07 Å². The number of halogens is 4. The highest BCUT2D eigenvalue weighted by Crippen LogP contribution is 2.19. The smallest absolute Gasteiger partial charge is 0.326 e. The molecule has 0 bridgehead atoms. The third-order valence-corrected chi connectivity index (χ3v) is 2.17. The van der Waals surface area contributed by atoms with Gasteiger partial charge in [-0.3, -0.25) is 4.79 Å². The molecular formula is C11H12F4N2O.